The highest BCUT2D eigenvalue weighted by atomic mass is 15.0. The van der Waals surface area contributed by atoms with Crippen molar-refractivity contribution in [1.29, 1.82) is 0 Å². The molecule has 9 rings (SSSR count). The Morgan fingerprint density at radius 2 is 0.882 bits per heavy atom. The fourth-order valence-electron chi connectivity index (χ4n) is 9.22. The average molecular weight is 657 g/mol. The highest BCUT2D eigenvalue weighted by molar-refractivity contribution is 6.96. The van der Waals surface area contributed by atoms with Crippen LogP contribution < -0.4 is 16.4 Å². The molecule has 0 atom stereocenters. The molecule has 7 aromatic carbocycles. The van der Waals surface area contributed by atoms with Gasteiger partial charge in [-0.15, -0.1) is 0 Å². The van der Waals surface area contributed by atoms with Crippen molar-refractivity contribution >= 4 is 66.7 Å². The van der Waals surface area contributed by atoms with Crippen LogP contribution in [0.3, 0.4) is 0 Å². The molecule has 3 heteroatoms. The van der Waals surface area contributed by atoms with Crippen LogP contribution in [0.5, 0.6) is 0 Å². The molecule has 51 heavy (non-hydrogen) atoms. The van der Waals surface area contributed by atoms with Crippen molar-refractivity contribution in [3.63, 3.8) is 0 Å². The van der Waals surface area contributed by atoms with Crippen molar-refractivity contribution < 1.29 is 0 Å². The summed E-state index contributed by atoms with van der Waals surface area (Å²) >= 11 is 0. The molecule has 0 unspecified atom stereocenters. The molecule has 0 N–H and O–H groups in total. The van der Waals surface area contributed by atoms with E-state index in [0.29, 0.717) is 0 Å². The van der Waals surface area contributed by atoms with Crippen LogP contribution in [0.25, 0.3) is 55.0 Å². The van der Waals surface area contributed by atoms with Crippen LogP contribution in [0, 0.1) is 41.5 Å². The second-order valence-electron chi connectivity index (χ2n) is 14.5. The number of benzene rings is 7. The van der Waals surface area contributed by atoms with Gasteiger partial charge in [0.15, 0.2) is 0 Å². The number of para-hydroxylation sites is 3. The van der Waals surface area contributed by atoms with Crippen LogP contribution in [-0.4, -0.2) is 15.8 Å². The van der Waals surface area contributed by atoms with Crippen molar-refractivity contribution in [3.05, 3.63) is 173 Å². The lowest BCUT2D eigenvalue weighted by atomic mass is 9.34. The Labute approximate surface area is 300 Å². The summed E-state index contributed by atoms with van der Waals surface area (Å²) in [6, 6.07) is 51.9. The van der Waals surface area contributed by atoms with Gasteiger partial charge in [0, 0.05) is 32.9 Å². The lowest BCUT2D eigenvalue weighted by Gasteiger charge is -2.25. The number of hydrogen-bond acceptors (Lipinski definition) is 0. The van der Waals surface area contributed by atoms with Gasteiger partial charge < -0.3 is 9.13 Å². The van der Waals surface area contributed by atoms with Crippen LogP contribution in [0.15, 0.2) is 140 Å². The Bertz CT molecular complexity index is 2700. The Morgan fingerprint density at radius 3 is 1.47 bits per heavy atom. The molecule has 0 aliphatic carbocycles. The molecule has 0 radical (unpaired) electrons. The third kappa shape index (κ3) is 4.87. The molecule has 0 spiro atoms. The Hall–Kier alpha value is -5.80. The number of aromatic nitrogens is 2. The smallest absolute Gasteiger partial charge is 0.242 e. The van der Waals surface area contributed by atoms with Crippen molar-refractivity contribution in [3.8, 4) is 11.4 Å². The van der Waals surface area contributed by atoms with E-state index >= 15 is 0 Å². The molecule has 2 heterocycles. The molecule has 0 aliphatic rings. The van der Waals surface area contributed by atoms with Crippen LogP contribution >= 0.6 is 0 Å². The normalized spacial score (nSPS) is 11.7. The van der Waals surface area contributed by atoms with Crippen molar-refractivity contribution in [2.45, 2.75) is 41.5 Å². The maximum atomic E-state index is 2.46. The third-order valence-corrected chi connectivity index (χ3v) is 11.0. The monoisotopic (exact) mass is 656 g/mol. The summed E-state index contributed by atoms with van der Waals surface area (Å²) < 4.78 is 4.91. The van der Waals surface area contributed by atoms with Gasteiger partial charge in [0.2, 0.25) is 6.71 Å². The minimum atomic E-state index is 0.139. The molecule has 0 aliphatic heterocycles. The van der Waals surface area contributed by atoms with E-state index in [2.05, 4.69) is 190 Å². The fourth-order valence-corrected chi connectivity index (χ4v) is 9.22. The van der Waals surface area contributed by atoms with Crippen LogP contribution in [0.1, 0.15) is 33.4 Å². The first-order chi connectivity index (χ1) is 24.8. The van der Waals surface area contributed by atoms with Gasteiger partial charge in [0.05, 0.1) is 22.1 Å². The lowest BCUT2D eigenvalue weighted by molar-refractivity contribution is 1.17. The summed E-state index contributed by atoms with van der Waals surface area (Å²) in [6.07, 6.45) is 0. The van der Waals surface area contributed by atoms with Gasteiger partial charge in [-0.1, -0.05) is 147 Å². The maximum Gasteiger partial charge on any atom is 0.242 e. The number of rotatable bonds is 5. The summed E-state index contributed by atoms with van der Waals surface area (Å²) in [5.41, 5.74) is 19.4. The molecule has 0 saturated carbocycles. The van der Waals surface area contributed by atoms with Crippen LogP contribution in [0.2, 0.25) is 0 Å². The molecule has 0 saturated heterocycles. The first kappa shape index (κ1) is 31.2. The Balaban J connectivity index is 1.29. The maximum absolute atomic E-state index is 2.46. The molecule has 2 aromatic heterocycles. The summed E-state index contributed by atoms with van der Waals surface area (Å²) in [5.74, 6) is 0. The van der Waals surface area contributed by atoms with Gasteiger partial charge >= 0.3 is 0 Å². The Morgan fingerprint density at radius 1 is 0.392 bits per heavy atom. The number of nitrogens with zero attached hydrogens (tertiary/aromatic N) is 2. The standard InChI is InChI=1S/C48H41BN2/c1-30-26-32(3)46(33(4)27-30)49(47-34(5)28-31(2)29-35(47)6)36-20-22-38(23-21-36)50-43-19-13-11-17-41(43)45-44(50)25-24-40-39-16-10-12-18-42(39)51(48(40)45)37-14-8-7-9-15-37/h7-29H,1-6H3. The minimum absolute atomic E-state index is 0.139. The molecule has 246 valence electrons. The van der Waals surface area contributed by atoms with E-state index in [9.17, 15) is 0 Å². The molecule has 0 fully saturated rings. The average Bonchev–Trinajstić information content (AvgIpc) is 3.64. The molecule has 9 aromatic rings. The van der Waals surface area contributed by atoms with Gasteiger partial charge in [0.1, 0.15) is 0 Å². The topological polar surface area (TPSA) is 9.86 Å². The second-order valence-corrected chi connectivity index (χ2v) is 14.5. The van der Waals surface area contributed by atoms with E-state index in [1.54, 1.807) is 0 Å². The third-order valence-electron chi connectivity index (χ3n) is 11.0. The zero-order valence-corrected chi connectivity index (χ0v) is 30.3. The van der Waals surface area contributed by atoms with Crippen LogP contribution in [0.4, 0.5) is 0 Å². The van der Waals surface area contributed by atoms with E-state index < -0.39 is 0 Å². The predicted molar refractivity (Wildman–Crippen MR) is 221 cm³/mol. The number of hydrogen-bond donors (Lipinski definition) is 0. The molecular formula is C48H41BN2. The summed E-state index contributed by atoms with van der Waals surface area (Å²) in [5, 5.41) is 5.09. The highest BCUT2D eigenvalue weighted by Gasteiger charge is 2.29. The van der Waals surface area contributed by atoms with Gasteiger partial charge in [-0.3, -0.25) is 0 Å². The van der Waals surface area contributed by atoms with E-state index in [1.165, 1.54) is 105 Å². The fraction of sp³-hybridized carbons (Fsp3) is 0.125. The minimum Gasteiger partial charge on any atom is -0.309 e. The Kier molecular flexibility index (Phi) is 7.29. The van der Waals surface area contributed by atoms with Gasteiger partial charge in [-0.2, -0.15) is 0 Å². The quantitative estimate of drug-likeness (QED) is 0.163. The summed E-state index contributed by atoms with van der Waals surface area (Å²) in [7, 11) is 0. The first-order valence-corrected chi connectivity index (χ1v) is 18.1. The van der Waals surface area contributed by atoms with Crippen molar-refractivity contribution in [2.75, 3.05) is 0 Å². The van der Waals surface area contributed by atoms with Crippen molar-refractivity contribution in [1.82, 2.24) is 9.13 Å². The molecule has 0 amide bonds. The van der Waals surface area contributed by atoms with E-state index in [4.69, 9.17) is 0 Å². The predicted octanol–water partition coefficient (Wildman–Crippen LogP) is 10.2. The lowest BCUT2D eigenvalue weighted by Crippen LogP contribution is -2.55. The zero-order chi connectivity index (χ0) is 35.0. The SMILES string of the molecule is Cc1cc(C)c(B(c2ccc(-n3c4ccccc4c4c3ccc3c5ccccc5n(-c5ccccc5)c34)cc2)c2c(C)cc(C)cc2C)c(C)c1. The number of fused-ring (bicyclic) bond motifs is 7. The van der Waals surface area contributed by atoms with Gasteiger partial charge in [0.25, 0.3) is 0 Å². The zero-order valence-electron chi connectivity index (χ0n) is 30.3. The molecule has 2 nitrogen and oxygen atoms in total. The molecule has 0 bridgehead atoms. The van der Waals surface area contributed by atoms with Gasteiger partial charge in [-0.05, 0) is 84.0 Å². The van der Waals surface area contributed by atoms with E-state index in [1.807, 2.05) is 0 Å². The summed E-state index contributed by atoms with van der Waals surface area (Å²) in [4.78, 5) is 0. The number of aryl methyl sites for hydroxylation is 6. The van der Waals surface area contributed by atoms with E-state index in [-0.39, 0.29) is 6.71 Å². The van der Waals surface area contributed by atoms with Crippen LogP contribution in [-0.2, 0) is 0 Å². The molecular weight excluding hydrogens is 615 g/mol. The summed E-state index contributed by atoms with van der Waals surface area (Å²) in [6.45, 7) is 13.7. The second kappa shape index (κ2) is 11.9. The first-order valence-electron chi connectivity index (χ1n) is 18.1. The largest absolute Gasteiger partial charge is 0.309 e. The highest BCUT2D eigenvalue weighted by Crippen LogP contribution is 2.41. The van der Waals surface area contributed by atoms with Crippen molar-refractivity contribution in [2.24, 2.45) is 0 Å². The van der Waals surface area contributed by atoms with Gasteiger partial charge in [-0.25, -0.2) is 0 Å². The van der Waals surface area contributed by atoms with E-state index in [0.717, 1.165) is 0 Å².